The van der Waals surface area contributed by atoms with Gasteiger partial charge < -0.3 is 9.64 Å². The Labute approximate surface area is 162 Å². The Hall–Kier alpha value is -1.02. The average molecular weight is 360 g/mol. The van der Waals surface area contributed by atoms with Crippen LogP contribution in [0.1, 0.15) is 84.6 Å². The number of nitrogens with zero attached hydrogens (tertiary/aromatic N) is 1. The fourth-order valence-corrected chi connectivity index (χ4v) is 3.65. The molecule has 0 aliphatic carbocycles. The summed E-state index contributed by atoms with van der Waals surface area (Å²) < 4.78 is 5.91. The highest BCUT2D eigenvalue weighted by Crippen LogP contribution is 2.28. The van der Waals surface area contributed by atoms with Gasteiger partial charge in [-0.3, -0.25) is 0 Å². The minimum Gasteiger partial charge on any atom is -0.494 e. The van der Waals surface area contributed by atoms with Gasteiger partial charge in [0.2, 0.25) is 0 Å². The van der Waals surface area contributed by atoms with Crippen LogP contribution in [0.25, 0.3) is 0 Å². The van der Waals surface area contributed by atoms with Gasteiger partial charge in [-0.15, -0.1) is 0 Å². The second-order valence-corrected chi connectivity index (χ2v) is 8.90. The minimum atomic E-state index is 0.255. The number of benzene rings is 1. The molecule has 2 nitrogen and oxygen atoms in total. The van der Waals surface area contributed by atoms with Gasteiger partial charge in [0.05, 0.1) is 6.61 Å². The van der Waals surface area contributed by atoms with Gasteiger partial charge in [-0.1, -0.05) is 59.1 Å². The quantitative estimate of drug-likeness (QED) is 0.422. The highest BCUT2D eigenvalue weighted by molar-refractivity contribution is 5.31. The van der Waals surface area contributed by atoms with E-state index >= 15 is 0 Å². The summed E-state index contributed by atoms with van der Waals surface area (Å²) in [4.78, 5) is 2.66. The van der Waals surface area contributed by atoms with Crippen molar-refractivity contribution in [2.45, 2.75) is 84.5 Å². The van der Waals surface area contributed by atoms with E-state index in [9.17, 15) is 0 Å². The van der Waals surface area contributed by atoms with Crippen LogP contribution >= 0.6 is 0 Å². The van der Waals surface area contributed by atoms with Crippen molar-refractivity contribution in [1.82, 2.24) is 4.90 Å². The van der Waals surface area contributed by atoms with E-state index in [1.165, 1.54) is 70.1 Å². The first-order chi connectivity index (χ1) is 12.5. The van der Waals surface area contributed by atoms with Crippen molar-refractivity contribution in [3.05, 3.63) is 29.8 Å². The van der Waals surface area contributed by atoms with E-state index in [1.807, 2.05) is 0 Å². The molecule has 2 rings (SSSR count). The Balaban J connectivity index is 1.49. The fourth-order valence-electron chi connectivity index (χ4n) is 3.65. The lowest BCUT2D eigenvalue weighted by atomic mass is 9.82. The predicted molar refractivity (Wildman–Crippen MR) is 113 cm³/mol. The zero-order chi connectivity index (χ0) is 18.8. The number of ether oxygens (including phenoxy) is 1. The Morgan fingerprint density at radius 3 is 2.23 bits per heavy atom. The molecular weight excluding hydrogens is 318 g/mol. The summed E-state index contributed by atoms with van der Waals surface area (Å²) in [5.74, 6) is 1.96. The molecule has 1 aliphatic rings. The van der Waals surface area contributed by atoms with Crippen molar-refractivity contribution in [2.75, 3.05) is 26.2 Å². The van der Waals surface area contributed by atoms with Gasteiger partial charge in [0, 0.05) is 0 Å². The van der Waals surface area contributed by atoms with E-state index in [-0.39, 0.29) is 5.41 Å². The monoisotopic (exact) mass is 359 g/mol. The van der Waals surface area contributed by atoms with E-state index in [1.54, 1.807) is 0 Å². The third-order valence-electron chi connectivity index (χ3n) is 6.28. The second kappa shape index (κ2) is 11.0. The molecule has 2 heteroatoms. The van der Waals surface area contributed by atoms with Crippen LogP contribution in [0.15, 0.2) is 24.3 Å². The first-order valence-corrected chi connectivity index (χ1v) is 11.0. The molecule has 0 radical (unpaired) electrons. The molecule has 0 atom stereocenters. The van der Waals surface area contributed by atoms with Gasteiger partial charge in [-0.2, -0.15) is 0 Å². The second-order valence-electron chi connectivity index (χ2n) is 8.90. The molecule has 1 aliphatic heterocycles. The standard InChI is InChI=1S/C24H41NO/c1-5-24(3,4)22-11-13-23(14-12-22)26-20-10-8-6-7-9-17-25-18-15-21(2)16-19-25/h11-14,21H,5-10,15-20H2,1-4H3. The van der Waals surface area contributed by atoms with Crippen molar-refractivity contribution in [3.8, 4) is 5.75 Å². The van der Waals surface area contributed by atoms with Crippen molar-refractivity contribution in [2.24, 2.45) is 5.92 Å². The summed E-state index contributed by atoms with van der Waals surface area (Å²) >= 11 is 0. The lowest BCUT2D eigenvalue weighted by molar-refractivity contribution is 0.189. The topological polar surface area (TPSA) is 12.5 Å². The molecule has 148 valence electrons. The molecule has 0 spiro atoms. The van der Waals surface area contributed by atoms with Gasteiger partial charge in [0.1, 0.15) is 5.75 Å². The maximum Gasteiger partial charge on any atom is 0.119 e. The lowest BCUT2D eigenvalue weighted by Crippen LogP contribution is -2.33. The Morgan fingerprint density at radius 2 is 1.58 bits per heavy atom. The maximum atomic E-state index is 5.91. The molecule has 1 heterocycles. The van der Waals surface area contributed by atoms with Crippen LogP contribution in [-0.2, 0) is 5.41 Å². The molecule has 0 amide bonds. The van der Waals surface area contributed by atoms with Crippen LogP contribution in [0.4, 0.5) is 0 Å². The molecule has 0 aromatic heterocycles. The van der Waals surface area contributed by atoms with Crippen LogP contribution in [0.2, 0.25) is 0 Å². The molecule has 0 bridgehead atoms. The van der Waals surface area contributed by atoms with Crippen LogP contribution in [0, 0.1) is 5.92 Å². The fraction of sp³-hybridized carbons (Fsp3) is 0.750. The van der Waals surface area contributed by atoms with E-state index in [2.05, 4.69) is 56.9 Å². The molecule has 1 fully saturated rings. The van der Waals surface area contributed by atoms with Crippen molar-refractivity contribution < 1.29 is 4.74 Å². The predicted octanol–water partition coefficient (Wildman–Crippen LogP) is 6.44. The Morgan fingerprint density at radius 1 is 0.962 bits per heavy atom. The molecule has 26 heavy (non-hydrogen) atoms. The molecular formula is C24H41NO. The van der Waals surface area contributed by atoms with E-state index in [0.29, 0.717) is 0 Å². The van der Waals surface area contributed by atoms with Gasteiger partial charge in [-0.25, -0.2) is 0 Å². The van der Waals surface area contributed by atoms with Crippen LogP contribution in [-0.4, -0.2) is 31.1 Å². The number of rotatable bonds is 11. The zero-order valence-corrected chi connectivity index (χ0v) is 17.7. The first-order valence-electron chi connectivity index (χ1n) is 11.0. The molecule has 1 aromatic rings. The highest BCUT2D eigenvalue weighted by Gasteiger charge is 2.17. The smallest absolute Gasteiger partial charge is 0.119 e. The molecule has 1 saturated heterocycles. The molecule has 0 saturated carbocycles. The summed E-state index contributed by atoms with van der Waals surface area (Å²) in [7, 11) is 0. The van der Waals surface area contributed by atoms with Gasteiger partial charge in [0.15, 0.2) is 0 Å². The zero-order valence-electron chi connectivity index (χ0n) is 17.7. The van der Waals surface area contributed by atoms with Crippen LogP contribution < -0.4 is 4.74 Å². The number of piperidine rings is 1. The van der Waals surface area contributed by atoms with Crippen LogP contribution in [0.3, 0.4) is 0 Å². The van der Waals surface area contributed by atoms with Crippen LogP contribution in [0.5, 0.6) is 5.75 Å². The van der Waals surface area contributed by atoms with Gasteiger partial charge in [-0.05, 0) is 80.8 Å². The number of hydrogen-bond acceptors (Lipinski definition) is 2. The molecule has 1 aromatic carbocycles. The van der Waals surface area contributed by atoms with E-state index < -0.39 is 0 Å². The summed E-state index contributed by atoms with van der Waals surface area (Å²) in [6.45, 7) is 14.0. The van der Waals surface area contributed by atoms with Crippen molar-refractivity contribution in [1.29, 1.82) is 0 Å². The summed E-state index contributed by atoms with van der Waals surface area (Å²) in [6.07, 6.45) is 10.5. The average Bonchev–Trinajstić information content (AvgIpc) is 2.65. The molecule has 0 N–H and O–H groups in total. The Bertz CT molecular complexity index is 485. The van der Waals surface area contributed by atoms with E-state index in [4.69, 9.17) is 4.74 Å². The highest BCUT2D eigenvalue weighted by atomic mass is 16.5. The SMILES string of the molecule is CCC(C)(C)c1ccc(OCCCCCCCN2CCC(C)CC2)cc1. The lowest BCUT2D eigenvalue weighted by Gasteiger charge is -2.30. The number of likely N-dealkylation sites (tertiary alicyclic amines) is 1. The Kier molecular flexibility index (Phi) is 8.98. The first kappa shape index (κ1) is 21.3. The minimum absolute atomic E-state index is 0.255. The summed E-state index contributed by atoms with van der Waals surface area (Å²) in [6, 6.07) is 8.71. The largest absolute Gasteiger partial charge is 0.494 e. The van der Waals surface area contributed by atoms with Crippen molar-refractivity contribution >= 4 is 0 Å². The third-order valence-corrected chi connectivity index (χ3v) is 6.28. The molecule has 0 unspecified atom stereocenters. The normalized spacial score (nSPS) is 16.8. The van der Waals surface area contributed by atoms with Gasteiger partial charge in [0.25, 0.3) is 0 Å². The van der Waals surface area contributed by atoms with Gasteiger partial charge >= 0.3 is 0 Å². The maximum absolute atomic E-state index is 5.91. The van der Waals surface area contributed by atoms with E-state index in [0.717, 1.165) is 24.7 Å². The summed E-state index contributed by atoms with van der Waals surface area (Å²) in [5.41, 5.74) is 1.65. The number of unbranched alkanes of at least 4 members (excludes halogenated alkanes) is 4. The van der Waals surface area contributed by atoms with Crippen molar-refractivity contribution in [3.63, 3.8) is 0 Å². The summed E-state index contributed by atoms with van der Waals surface area (Å²) in [5, 5.41) is 0. The number of hydrogen-bond donors (Lipinski definition) is 0. The third kappa shape index (κ3) is 7.31.